The van der Waals surface area contributed by atoms with E-state index in [2.05, 4.69) is 24.2 Å². The van der Waals surface area contributed by atoms with Gasteiger partial charge in [-0.2, -0.15) is 0 Å². The van der Waals surface area contributed by atoms with E-state index in [-0.39, 0.29) is 0 Å². The zero-order chi connectivity index (χ0) is 12.5. The first kappa shape index (κ1) is 12.6. The quantitative estimate of drug-likeness (QED) is 0.877. The zero-order valence-corrected chi connectivity index (χ0v) is 11.1. The number of hydrogen-bond donors (Lipinski definition) is 1. The highest BCUT2D eigenvalue weighted by atomic mass is 16.3. The zero-order valence-electron chi connectivity index (χ0n) is 11.1. The van der Waals surface area contributed by atoms with Gasteiger partial charge in [-0.15, -0.1) is 5.10 Å². The Bertz CT molecular complexity index is 374. The summed E-state index contributed by atoms with van der Waals surface area (Å²) in [5.74, 6) is 1.33. The van der Waals surface area contributed by atoms with Crippen molar-refractivity contribution in [3.05, 3.63) is 11.9 Å². The largest absolute Gasteiger partial charge is 0.383 e. The van der Waals surface area contributed by atoms with E-state index in [0.717, 1.165) is 25.0 Å². The van der Waals surface area contributed by atoms with Gasteiger partial charge in [-0.25, -0.2) is 4.68 Å². The van der Waals surface area contributed by atoms with Crippen LogP contribution < -0.4 is 0 Å². The summed E-state index contributed by atoms with van der Waals surface area (Å²) in [6, 6.07) is 0. The van der Waals surface area contributed by atoms with Crippen LogP contribution in [0.1, 0.15) is 51.6 Å². The minimum Gasteiger partial charge on any atom is -0.383 e. The van der Waals surface area contributed by atoms with Crippen LogP contribution in [0.2, 0.25) is 0 Å². The lowest BCUT2D eigenvalue weighted by Gasteiger charge is -2.37. The number of aliphatic hydroxyl groups is 1. The molecule has 0 radical (unpaired) electrons. The highest BCUT2D eigenvalue weighted by Gasteiger charge is 2.38. The van der Waals surface area contributed by atoms with Gasteiger partial charge in [0.25, 0.3) is 0 Å². The molecule has 0 bridgehead atoms. The first-order chi connectivity index (χ1) is 8.01. The van der Waals surface area contributed by atoms with Crippen molar-refractivity contribution in [3.63, 3.8) is 0 Å². The van der Waals surface area contributed by atoms with E-state index in [1.807, 2.05) is 7.05 Å². The van der Waals surface area contributed by atoms with Crippen molar-refractivity contribution < 1.29 is 5.11 Å². The fraction of sp³-hybridized carbons (Fsp3) is 0.846. The molecule has 0 aliphatic heterocycles. The predicted molar refractivity (Wildman–Crippen MR) is 66.3 cm³/mol. The molecular weight excluding hydrogens is 214 g/mol. The highest BCUT2D eigenvalue weighted by Crippen LogP contribution is 2.41. The maximum atomic E-state index is 10.8. The molecule has 1 N–H and O–H groups in total. The molecule has 2 atom stereocenters. The van der Waals surface area contributed by atoms with Crippen molar-refractivity contribution in [2.24, 2.45) is 18.9 Å². The molecule has 0 saturated heterocycles. The second kappa shape index (κ2) is 4.77. The number of nitrogens with zero attached hydrogens (tertiary/aromatic N) is 3. The van der Waals surface area contributed by atoms with Crippen LogP contribution in [0.15, 0.2) is 6.20 Å². The number of aromatic nitrogens is 3. The lowest BCUT2D eigenvalue weighted by atomic mass is 9.74. The third-order valence-electron chi connectivity index (χ3n) is 3.83. The Labute approximate surface area is 103 Å². The normalized spacial score (nSPS) is 29.8. The topological polar surface area (TPSA) is 50.9 Å². The van der Waals surface area contributed by atoms with E-state index in [4.69, 9.17) is 0 Å². The van der Waals surface area contributed by atoms with Crippen molar-refractivity contribution in [1.29, 1.82) is 0 Å². The minimum atomic E-state index is -0.712. The van der Waals surface area contributed by atoms with Crippen LogP contribution in [0.25, 0.3) is 0 Å². The third kappa shape index (κ3) is 2.68. The summed E-state index contributed by atoms with van der Waals surface area (Å²) in [5.41, 5.74) is 0.154. The lowest BCUT2D eigenvalue weighted by Crippen LogP contribution is -2.35. The van der Waals surface area contributed by atoms with Gasteiger partial charge in [0, 0.05) is 7.05 Å². The second-order valence-electron chi connectivity index (χ2n) is 5.87. The minimum absolute atomic E-state index is 0.628. The Balaban J connectivity index is 2.12. The first-order valence-electron chi connectivity index (χ1n) is 6.59. The molecule has 1 aliphatic carbocycles. The lowest BCUT2D eigenvalue weighted by molar-refractivity contribution is -0.0309. The van der Waals surface area contributed by atoms with Crippen molar-refractivity contribution in [2.45, 2.75) is 51.6 Å². The fourth-order valence-electron chi connectivity index (χ4n) is 3.18. The van der Waals surface area contributed by atoms with Gasteiger partial charge in [0.15, 0.2) is 0 Å². The van der Waals surface area contributed by atoms with Crippen LogP contribution in [-0.2, 0) is 12.6 Å². The van der Waals surface area contributed by atoms with Crippen molar-refractivity contribution in [2.75, 3.05) is 0 Å². The summed E-state index contributed by atoms with van der Waals surface area (Å²) >= 11 is 0. The van der Waals surface area contributed by atoms with Crippen molar-refractivity contribution in [3.8, 4) is 0 Å². The molecule has 4 nitrogen and oxygen atoms in total. The Hall–Kier alpha value is -0.900. The molecule has 17 heavy (non-hydrogen) atoms. The number of rotatable bonds is 3. The summed E-state index contributed by atoms with van der Waals surface area (Å²) in [4.78, 5) is 0. The fourth-order valence-corrected chi connectivity index (χ4v) is 3.18. The molecule has 4 heteroatoms. The van der Waals surface area contributed by atoms with Gasteiger partial charge in [0.1, 0.15) is 5.60 Å². The molecule has 0 amide bonds. The average Bonchev–Trinajstić information content (AvgIpc) is 2.64. The predicted octanol–water partition coefficient (Wildman–Crippen LogP) is 2.24. The van der Waals surface area contributed by atoms with E-state index >= 15 is 0 Å². The van der Waals surface area contributed by atoms with Gasteiger partial charge < -0.3 is 5.11 Å². The molecule has 1 saturated carbocycles. The summed E-state index contributed by atoms with van der Waals surface area (Å²) in [6.45, 7) is 4.50. The van der Waals surface area contributed by atoms with Crippen molar-refractivity contribution >= 4 is 0 Å². The third-order valence-corrected chi connectivity index (χ3v) is 3.83. The second-order valence-corrected chi connectivity index (χ2v) is 5.87. The highest BCUT2D eigenvalue weighted by molar-refractivity contribution is 5.09. The molecule has 0 spiro atoms. The first-order valence-corrected chi connectivity index (χ1v) is 6.59. The van der Waals surface area contributed by atoms with Gasteiger partial charge in [0.05, 0.1) is 11.9 Å². The summed E-state index contributed by atoms with van der Waals surface area (Å²) in [6.07, 6.45) is 6.94. The molecule has 1 aliphatic rings. The SMILES string of the molecule is CC(C)CC1CCCC(O)(c2cnnn2C)C1. The Kier molecular flexibility index (Phi) is 3.52. The maximum absolute atomic E-state index is 10.8. The van der Waals surface area contributed by atoms with E-state index in [9.17, 15) is 5.11 Å². The van der Waals surface area contributed by atoms with E-state index < -0.39 is 5.60 Å². The van der Waals surface area contributed by atoms with Gasteiger partial charge in [-0.05, 0) is 37.5 Å². The molecule has 2 rings (SSSR count). The van der Waals surface area contributed by atoms with Crippen LogP contribution in [0.3, 0.4) is 0 Å². The van der Waals surface area contributed by atoms with Crippen LogP contribution in [0.4, 0.5) is 0 Å². The van der Waals surface area contributed by atoms with E-state index in [1.54, 1.807) is 10.9 Å². The maximum Gasteiger partial charge on any atom is 0.108 e. The van der Waals surface area contributed by atoms with Crippen LogP contribution in [0.5, 0.6) is 0 Å². The van der Waals surface area contributed by atoms with Crippen molar-refractivity contribution in [1.82, 2.24) is 15.0 Å². The number of aryl methyl sites for hydroxylation is 1. The summed E-state index contributed by atoms with van der Waals surface area (Å²) in [5, 5.41) is 18.6. The van der Waals surface area contributed by atoms with Gasteiger partial charge in [0.2, 0.25) is 0 Å². The smallest absolute Gasteiger partial charge is 0.108 e. The van der Waals surface area contributed by atoms with Gasteiger partial charge in [-0.1, -0.05) is 25.5 Å². The Morgan fingerprint density at radius 2 is 2.35 bits per heavy atom. The molecule has 2 unspecified atom stereocenters. The van der Waals surface area contributed by atoms with E-state index in [1.165, 1.54) is 12.8 Å². The average molecular weight is 237 g/mol. The molecule has 96 valence electrons. The molecule has 1 fully saturated rings. The molecule has 1 aromatic heterocycles. The van der Waals surface area contributed by atoms with Gasteiger partial charge >= 0.3 is 0 Å². The van der Waals surface area contributed by atoms with Crippen LogP contribution in [-0.4, -0.2) is 20.1 Å². The summed E-state index contributed by atoms with van der Waals surface area (Å²) in [7, 11) is 1.85. The van der Waals surface area contributed by atoms with Crippen LogP contribution in [0, 0.1) is 11.8 Å². The molecule has 1 heterocycles. The van der Waals surface area contributed by atoms with E-state index in [0.29, 0.717) is 11.8 Å². The van der Waals surface area contributed by atoms with Crippen LogP contribution >= 0.6 is 0 Å². The molecule has 0 aromatic carbocycles. The number of hydrogen-bond acceptors (Lipinski definition) is 3. The Morgan fingerprint density at radius 3 is 2.94 bits per heavy atom. The van der Waals surface area contributed by atoms with Gasteiger partial charge in [-0.3, -0.25) is 0 Å². The Morgan fingerprint density at radius 1 is 1.59 bits per heavy atom. The standard InChI is InChI=1S/C13H23N3O/c1-10(2)7-11-5-4-6-13(17,8-11)12-9-14-15-16(12)3/h9-11,17H,4-8H2,1-3H3. The molecule has 1 aromatic rings. The molecular formula is C13H23N3O. The summed E-state index contributed by atoms with van der Waals surface area (Å²) < 4.78 is 1.71. The monoisotopic (exact) mass is 237 g/mol.